The van der Waals surface area contributed by atoms with E-state index in [9.17, 15) is 31.9 Å². The molecule has 0 unspecified atom stereocenters. The van der Waals surface area contributed by atoms with Crippen LogP contribution in [0.15, 0.2) is 34.8 Å². The number of anilines is 2. The minimum Gasteiger partial charge on any atom is -0.480 e. The summed E-state index contributed by atoms with van der Waals surface area (Å²) in [5, 5.41) is 11.6. The first-order chi connectivity index (χ1) is 18.3. The number of carboxylic acids is 1. The highest BCUT2D eigenvalue weighted by Gasteiger charge is 2.42. The van der Waals surface area contributed by atoms with Gasteiger partial charge in [0.2, 0.25) is 5.91 Å². The first kappa shape index (κ1) is 27.4. The predicted molar refractivity (Wildman–Crippen MR) is 141 cm³/mol. The van der Waals surface area contributed by atoms with Crippen molar-refractivity contribution in [1.82, 2.24) is 19.6 Å². The van der Waals surface area contributed by atoms with E-state index in [0.29, 0.717) is 16.3 Å². The molecule has 5 rings (SSSR count). The van der Waals surface area contributed by atoms with Gasteiger partial charge in [0.15, 0.2) is 9.34 Å². The van der Waals surface area contributed by atoms with E-state index in [1.54, 1.807) is 18.2 Å². The molecule has 4 heterocycles. The number of nitrogen functional groups attached to an aromatic ring is 1. The van der Waals surface area contributed by atoms with E-state index in [2.05, 4.69) is 14.7 Å². The molecule has 0 aliphatic carbocycles. The van der Waals surface area contributed by atoms with Crippen molar-refractivity contribution in [3.8, 4) is 0 Å². The second-order valence-electron chi connectivity index (χ2n) is 9.40. The van der Waals surface area contributed by atoms with E-state index in [0.717, 1.165) is 22.4 Å². The summed E-state index contributed by atoms with van der Waals surface area (Å²) in [5.74, 6) is -4.57. The molecule has 2 atom stereocenters. The Kier molecular flexibility index (Phi) is 7.11. The van der Waals surface area contributed by atoms with Gasteiger partial charge in [-0.1, -0.05) is 22.9 Å². The number of aromatic nitrogens is 2. The number of sulfonamides is 1. The number of nitrogens with one attached hydrogen (secondary N) is 1. The van der Waals surface area contributed by atoms with Gasteiger partial charge in [0.25, 0.3) is 15.9 Å². The number of fused-ring (bicyclic) bond motifs is 1. The van der Waals surface area contributed by atoms with Crippen LogP contribution in [0.3, 0.4) is 0 Å². The smallest absolute Gasteiger partial charge is 0.326 e. The molecule has 0 saturated carbocycles. The molecule has 1 amide bonds. The number of amides is 1. The third-order valence-electron chi connectivity index (χ3n) is 6.75. The number of hydrogen-bond acceptors (Lipinski definition) is 9. The van der Waals surface area contributed by atoms with Gasteiger partial charge in [0.1, 0.15) is 17.9 Å². The quantitative estimate of drug-likeness (QED) is 0.353. The van der Waals surface area contributed by atoms with Crippen molar-refractivity contribution in [2.24, 2.45) is 0 Å². The fourth-order valence-electron chi connectivity index (χ4n) is 4.75. The average Bonchev–Trinajstić information content (AvgIpc) is 3.58. The molecule has 0 radical (unpaired) electrons. The van der Waals surface area contributed by atoms with Gasteiger partial charge >= 0.3 is 5.97 Å². The van der Waals surface area contributed by atoms with Gasteiger partial charge < -0.3 is 20.6 Å². The molecule has 2 fully saturated rings. The Morgan fingerprint density at radius 1 is 1.33 bits per heavy atom. The zero-order valence-corrected chi connectivity index (χ0v) is 22.6. The lowest BCUT2D eigenvalue weighted by molar-refractivity contribution is -0.148. The summed E-state index contributed by atoms with van der Waals surface area (Å²) >= 11 is 7.12. The van der Waals surface area contributed by atoms with Gasteiger partial charge in [0, 0.05) is 42.5 Å². The number of thiazole rings is 1. The SMILES string of the molecule is Nc1nccc2cc(C[C@H](C(=O)O)N3CC[C@H](NS(=O)(=O)c4cnc(N5CCC(F)(F)C5)s4)C3=O)c(Cl)cc12. The monoisotopic (exact) mass is 600 g/mol. The maximum absolute atomic E-state index is 13.5. The summed E-state index contributed by atoms with van der Waals surface area (Å²) < 4.78 is 55.1. The Morgan fingerprint density at radius 3 is 2.79 bits per heavy atom. The van der Waals surface area contributed by atoms with Crippen LogP contribution in [0.1, 0.15) is 18.4 Å². The number of carboxylic acid groups (broad SMARTS) is 1. The highest BCUT2D eigenvalue weighted by atomic mass is 35.5. The van der Waals surface area contributed by atoms with Crippen molar-refractivity contribution < 1.29 is 31.9 Å². The number of rotatable bonds is 8. The lowest BCUT2D eigenvalue weighted by Gasteiger charge is -2.25. The summed E-state index contributed by atoms with van der Waals surface area (Å²) in [6.45, 7) is -0.501. The van der Waals surface area contributed by atoms with E-state index in [1.165, 1.54) is 11.1 Å². The fourth-order valence-corrected chi connectivity index (χ4v) is 7.37. The number of pyridine rings is 1. The van der Waals surface area contributed by atoms with Gasteiger partial charge in [-0.25, -0.2) is 32.0 Å². The molecule has 0 spiro atoms. The van der Waals surface area contributed by atoms with Crippen LogP contribution >= 0.6 is 22.9 Å². The molecule has 3 aromatic rings. The average molecular weight is 601 g/mol. The highest BCUT2D eigenvalue weighted by Crippen LogP contribution is 2.35. The standard InChI is InChI=1S/C23H23ClF2N6O5S2/c24-15-9-14-12(1-4-28-19(14)27)7-13(15)8-17(21(34)35)32-5-2-16(20(32)33)30-39(36,37)18-10-29-22(38-18)31-6-3-23(25,26)11-31/h1,4,7,9-10,16-17,30H,2-3,5-6,8,11H2,(H2,27,28)(H,34,35)/t16-,17+/m0/s1. The Morgan fingerprint density at radius 2 is 2.10 bits per heavy atom. The summed E-state index contributed by atoms with van der Waals surface area (Å²) in [6, 6.07) is 2.48. The first-order valence-corrected chi connectivity index (χ1v) is 14.5. The summed E-state index contributed by atoms with van der Waals surface area (Å²) in [6.07, 6.45) is 2.15. The molecule has 4 N–H and O–H groups in total. The van der Waals surface area contributed by atoms with Crippen LogP contribution in [-0.4, -0.2) is 77.9 Å². The second kappa shape index (κ2) is 10.1. The van der Waals surface area contributed by atoms with E-state index in [4.69, 9.17) is 17.3 Å². The highest BCUT2D eigenvalue weighted by molar-refractivity contribution is 7.91. The molecular formula is C23H23ClF2N6O5S2. The third-order valence-corrected chi connectivity index (χ3v) is 10.1. The van der Waals surface area contributed by atoms with Crippen molar-refractivity contribution in [1.29, 1.82) is 0 Å². The predicted octanol–water partition coefficient (Wildman–Crippen LogP) is 2.35. The van der Waals surface area contributed by atoms with Crippen LogP contribution in [0.25, 0.3) is 10.8 Å². The number of aliphatic carboxylic acids is 1. The van der Waals surface area contributed by atoms with E-state index < -0.39 is 46.5 Å². The molecule has 2 aliphatic rings. The van der Waals surface area contributed by atoms with Gasteiger partial charge in [-0.2, -0.15) is 4.72 Å². The Balaban J connectivity index is 1.30. The summed E-state index contributed by atoms with van der Waals surface area (Å²) in [7, 11) is -4.22. The topological polar surface area (TPSA) is 159 Å². The Bertz CT molecular complexity index is 1570. The molecule has 208 valence electrons. The zero-order valence-electron chi connectivity index (χ0n) is 20.2. The van der Waals surface area contributed by atoms with Crippen LogP contribution in [0.5, 0.6) is 0 Å². The fraction of sp³-hybridized carbons (Fsp3) is 0.391. The number of alkyl halides is 2. The number of carbonyl (C=O) groups excluding carboxylic acids is 1. The normalized spacial score (nSPS) is 20.2. The number of likely N-dealkylation sites (tertiary alicyclic amines) is 1. The second-order valence-corrected chi connectivity index (χ2v) is 12.8. The maximum atomic E-state index is 13.5. The minimum atomic E-state index is -4.22. The third kappa shape index (κ3) is 5.48. The number of halogens is 3. The molecule has 16 heteroatoms. The molecule has 2 aromatic heterocycles. The van der Waals surface area contributed by atoms with E-state index >= 15 is 0 Å². The van der Waals surface area contributed by atoms with Gasteiger partial charge in [-0.15, -0.1) is 0 Å². The van der Waals surface area contributed by atoms with Crippen LogP contribution in [0.4, 0.5) is 19.7 Å². The van der Waals surface area contributed by atoms with Crippen molar-refractivity contribution in [3.63, 3.8) is 0 Å². The van der Waals surface area contributed by atoms with Crippen molar-refractivity contribution >= 4 is 66.6 Å². The summed E-state index contributed by atoms with van der Waals surface area (Å²) in [4.78, 5) is 35.7. The lowest BCUT2D eigenvalue weighted by atomic mass is 10.0. The van der Waals surface area contributed by atoms with E-state index in [1.807, 2.05) is 0 Å². The molecule has 2 aliphatic heterocycles. The van der Waals surface area contributed by atoms with Crippen LogP contribution < -0.4 is 15.4 Å². The van der Waals surface area contributed by atoms with Crippen molar-refractivity contribution in [2.75, 3.05) is 30.3 Å². The van der Waals surface area contributed by atoms with Gasteiger partial charge in [-0.05, 0) is 35.6 Å². The molecule has 0 bridgehead atoms. The number of carbonyl (C=O) groups is 2. The number of nitrogens with zero attached hydrogens (tertiary/aromatic N) is 4. The largest absolute Gasteiger partial charge is 0.480 e. The van der Waals surface area contributed by atoms with Crippen LogP contribution in [0.2, 0.25) is 5.02 Å². The lowest BCUT2D eigenvalue weighted by Crippen LogP contribution is -2.48. The maximum Gasteiger partial charge on any atom is 0.326 e. The molecule has 39 heavy (non-hydrogen) atoms. The molecule has 11 nitrogen and oxygen atoms in total. The zero-order chi connectivity index (χ0) is 28.1. The van der Waals surface area contributed by atoms with Crippen molar-refractivity contribution in [2.45, 2.75) is 41.5 Å². The minimum absolute atomic E-state index is 0.00184. The molecule has 2 saturated heterocycles. The van der Waals surface area contributed by atoms with Crippen LogP contribution in [0, 0.1) is 0 Å². The van der Waals surface area contributed by atoms with Gasteiger partial charge in [-0.3, -0.25) is 4.79 Å². The Labute approximate surface area is 230 Å². The van der Waals surface area contributed by atoms with Gasteiger partial charge in [0.05, 0.1) is 12.7 Å². The van der Waals surface area contributed by atoms with E-state index in [-0.39, 0.29) is 52.5 Å². The number of benzene rings is 1. The summed E-state index contributed by atoms with van der Waals surface area (Å²) in [5.41, 5.74) is 6.36. The molecule has 1 aromatic carbocycles. The van der Waals surface area contributed by atoms with Crippen LogP contribution in [-0.2, 0) is 26.0 Å². The number of nitrogens with two attached hydrogens (primary N) is 1. The number of hydrogen-bond donors (Lipinski definition) is 3. The Hall–Kier alpha value is -3.14. The first-order valence-electron chi connectivity index (χ1n) is 11.8. The van der Waals surface area contributed by atoms with Crippen molar-refractivity contribution in [3.05, 3.63) is 41.2 Å². The molecular weight excluding hydrogens is 578 g/mol.